The van der Waals surface area contributed by atoms with E-state index in [-0.39, 0.29) is 11.9 Å². The lowest BCUT2D eigenvalue weighted by Crippen LogP contribution is -2.56. The summed E-state index contributed by atoms with van der Waals surface area (Å²) in [4.78, 5) is 12.3. The van der Waals surface area contributed by atoms with Crippen molar-refractivity contribution in [1.29, 1.82) is 0 Å². The van der Waals surface area contributed by atoms with Gasteiger partial charge in [-0.25, -0.2) is 0 Å². The molecule has 4 saturated carbocycles. The minimum Gasteiger partial charge on any atom is -0.353 e. The number of carbonyl (C=O) groups excluding carboxylic acids is 1. The standard InChI is InChI=1S/C18H32N2O/c1-11(2)16(19)7-17(21)20-12(3)18-8-13-4-14(9-18)6-15(5-13)10-18/h11-16H,4-10,19H2,1-3H3,(H,20,21). The van der Waals surface area contributed by atoms with Crippen LogP contribution in [0.4, 0.5) is 0 Å². The number of hydrogen-bond acceptors (Lipinski definition) is 2. The summed E-state index contributed by atoms with van der Waals surface area (Å²) in [5.41, 5.74) is 6.43. The molecule has 4 aliphatic carbocycles. The Hall–Kier alpha value is -0.570. The summed E-state index contributed by atoms with van der Waals surface area (Å²) in [5, 5.41) is 3.30. The van der Waals surface area contributed by atoms with Gasteiger partial charge in [-0.2, -0.15) is 0 Å². The SMILES string of the molecule is CC(C)C(N)CC(=O)NC(C)C12CC3CC(CC(C3)C1)C2. The van der Waals surface area contributed by atoms with Gasteiger partial charge in [-0.1, -0.05) is 13.8 Å². The minimum atomic E-state index is -0.0198. The fourth-order valence-corrected chi connectivity index (χ4v) is 5.61. The summed E-state index contributed by atoms with van der Waals surface area (Å²) in [6.07, 6.45) is 8.87. The van der Waals surface area contributed by atoms with E-state index in [0.29, 0.717) is 23.8 Å². The van der Waals surface area contributed by atoms with Gasteiger partial charge in [-0.15, -0.1) is 0 Å². The Morgan fingerprint density at radius 1 is 1.10 bits per heavy atom. The summed E-state index contributed by atoms with van der Waals surface area (Å²) in [7, 11) is 0. The molecule has 4 bridgehead atoms. The third-order valence-electron chi connectivity index (χ3n) is 6.66. The van der Waals surface area contributed by atoms with Crippen molar-refractivity contribution in [2.75, 3.05) is 0 Å². The van der Waals surface area contributed by atoms with E-state index in [1.165, 1.54) is 38.5 Å². The van der Waals surface area contributed by atoms with Crippen LogP contribution in [0.1, 0.15) is 65.7 Å². The number of rotatable bonds is 5. The number of hydrogen-bond donors (Lipinski definition) is 2. The zero-order valence-electron chi connectivity index (χ0n) is 13.9. The zero-order chi connectivity index (χ0) is 15.2. The average Bonchev–Trinajstić information content (AvgIpc) is 2.36. The maximum absolute atomic E-state index is 12.3. The van der Waals surface area contributed by atoms with Crippen molar-refractivity contribution in [3.63, 3.8) is 0 Å². The highest BCUT2D eigenvalue weighted by atomic mass is 16.1. The largest absolute Gasteiger partial charge is 0.353 e. The molecule has 4 aliphatic rings. The zero-order valence-corrected chi connectivity index (χ0v) is 13.9. The minimum absolute atomic E-state index is 0.0198. The molecule has 0 aromatic heterocycles. The van der Waals surface area contributed by atoms with E-state index in [1.807, 2.05) is 0 Å². The highest BCUT2D eigenvalue weighted by Gasteiger charge is 2.53. The second kappa shape index (κ2) is 5.57. The van der Waals surface area contributed by atoms with Gasteiger partial charge in [0.2, 0.25) is 5.91 Å². The predicted octanol–water partition coefficient (Wildman–Crippen LogP) is 3.08. The van der Waals surface area contributed by atoms with E-state index in [4.69, 9.17) is 5.73 Å². The van der Waals surface area contributed by atoms with Gasteiger partial charge in [0.25, 0.3) is 0 Å². The fraction of sp³-hybridized carbons (Fsp3) is 0.944. The van der Waals surface area contributed by atoms with Crippen LogP contribution in [-0.2, 0) is 4.79 Å². The Balaban J connectivity index is 1.60. The van der Waals surface area contributed by atoms with Crippen LogP contribution >= 0.6 is 0 Å². The van der Waals surface area contributed by atoms with Gasteiger partial charge in [0.05, 0.1) is 0 Å². The van der Waals surface area contributed by atoms with E-state index >= 15 is 0 Å². The molecule has 4 rings (SSSR count). The van der Waals surface area contributed by atoms with Gasteiger partial charge >= 0.3 is 0 Å². The molecule has 1 amide bonds. The summed E-state index contributed by atoms with van der Waals surface area (Å²) in [6.45, 7) is 6.41. The van der Waals surface area contributed by atoms with E-state index in [2.05, 4.69) is 26.1 Å². The normalized spacial score (nSPS) is 40.3. The molecule has 3 heteroatoms. The molecule has 2 unspecified atom stereocenters. The number of nitrogens with one attached hydrogen (secondary N) is 1. The van der Waals surface area contributed by atoms with Crippen LogP contribution in [0.5, 0.6) is 0 Å². The van der Waals surface area contributed by atoms with Crippen LogP contribution in [0.3, 0.4) is 0 Å². The highest BCUT2D eigenvalue weighted by Crippen LogP contribution is 2.61. The first-order valence-corrected chi connectivity index (χ1v) is 8.93. The molecule has 3 nitrogen and oxygen atoms in total. The topological polar surface area (TPSA) is 55.1 Å². The van der Waals surface area contributed by atoms with Crippen molar-refractivity contribution < 1.29 is 4.79 Å². The third-order valence-corrected chi connectivity index (χ3v) is 6.66. The number of carbonyl (C=O) groups is 1. The third kappa shape index (κ3) is 2.99. The van der Waals surface area contributed by atoms with E-state index in [9.17, 15) is 4.79 Å². The first kappa shape index (κ1) is 15.3. The van der Waals surface area contributed by atoms with Crippen molar-refractivity contribution in [1.82, 2.24) is 5.32 Å². The van der Waals surface area contributed by atoms with Crippen molar-refractivity contribution >= 4 is 5.91 Å². The van der Waals surface area contributed by atoms with Crippen LogP contribution < -0.4 is 11.1 Å². The Kier molecular flexibility index (Phi) is 4.06. The molecule has 2 atom stereocenters. The van der Waals surface area contributed by atoms with Gasteiger partial charge in [-0.05, 0) is 74.5 Å². The smallest absolute Gasteiger partial charge is 0.221 e. The maximum atomic E-state index is 12.3. The Bertz CT molecular complexity index is 369. The van der Waals surface area contributed by atoms with Crippen molar-refractivity contribution in [2.45, 2.75) is 77.8 Å². The van der Waals surface area contributed by atoms with Crippen molar-refractivity contribution in [3.05, 3.63) is 0 Å². The quantitative estimate of drug-likeness (QED) is 0.818. The van der Waals surface area contributed by atoms with Gasteiger partial charge in [0, 0.05) is 18.5 Å². The molecular weight excluding hydrogens is 260 g/mol. The second-order valence-corrected chi connectivity index (χ2v) is 8.68. The molecular formula is C18H32N2O. The summed E-state index contributed by atoms with van der Waals surface area (Å²) in [6, 6.07) is 0.298. The first-order valence-electron chi connectivity index (χ1n) is 8.93. The first-order chi connectivity index (χ1) is 9.88. The second-order valence-electron chi connectivity index (χ2n) is 8.68. The molecule has 0 saturated heterocycles. The van der Waals surface area contributed by atoms with Gasteiger partial charge < -0.3 is 11.1 Å². The Morgan fingerprint density at radius 2 is 1.57 bits per heavy atom. The molecule has 120 valence electrons. The van der Waals surface area contributed by atoms with E-state index in [0.717, 1.165) is 17.8 Å². The lowest BCUT2D eigenvalue weighted by molar-refractivity contribution is -0.126. The monoisotopic (exact) mass is 292 g/mol. The van der Waals surface area contributed by atoms with Crippen molar-refractivity contribution in [2.24, 2.45) is 34.8 Å². The molecule has 0 aromatic carbocycles. The summed E-state index contributed by atoms with van der Waals surface area (Å²) < 4.78 is 0. The summed E-state index contributed by atoms with van der Waals surface area (Å²) >= 11 is 0. The molecule has 21 heavy (non-hydrogen) atoms. The predicted molar refractivity (Wildman–Crippen MR) is 85.6 cm³/mol. The maximum Gasteiger partial charge on any atom is 0.221 e. The van der Waals surface area contributed by atoms with Gasteiger partial charge in [-0.3, -0.25) is 4.79 Å². The van der Waals surface area contributed by atoms with Gasteiger partial charge in [0.1, 0.15) is 0 Å². The lowest BCUT2D eigenvalue weighted by atomic mass is 9.48. The molecule has 0 aromatic rings. The fourth-order valence-electron chi connectivity index (χ4n) is 5.61. The van der Waals surface area contributed by atoms with E-state index in [1.54, 1.807) is 0 Å². The Labute approximate surface area is 129 Å². The number of nitrogens with two attached hydrogens (primary N) is 1. The highest BCUT2D eigenvalue weighted by molar-refractivity contribution is 5.77. The molecule has 4 fully saturated rings. The lowest BCUT2D eigenvalue weighted by Gasteiger charge is -2.59. The summed E-state index contributed by atoms with van der Waals surface area (Å²) in [5.74, 6) is 3.33. The van der Waals surface area contributed by atoms with Crippen molar-refractivity contribution in [3.8, 4) is 0 Å². The molecule has 0 heterocycles. The molecule has 0 aliphatic heterocycles. The number of amides is 1. The average molecular weight is 292 g/mol. The van der Waals surface area contributed by atoms with Crippen LogP contribution in [0.25, 0.3) is 0 Å². The molecule has 3 N–H and O–H groups in total. The van der Waals surface area contributed by atoms with Crippen LogP contribution in [0.15, 0.2) is 0 Å². The van der Waals surface area contributed by atoms with Crippen LogP contribution in [0, 0.1) is 29.1 Å². The van der Waals surface area contributed by atoms with E-state index < -0.39 is 0 Å². The van der Waals surface area contributed by atoms with Crippen LogP contribution in [0.2, 0.25) is 0 Å². The van der Waals surface area contributed by atoms with Gasteiger partial charge in [0.15, 0.2) is 0 Å². The van der Waals surface area contributed by atoms with Crippen LogP contribution in [-0.4, -0.2) is 18.0 Å². The Morgan fingerprint density at radius 3 is 2.00 bits per heavy atom. The molecule has 0 spiro atoms. The molecule has 0 radical (unpaired) electrons.